The van der Waals surface area contributed by atoms with E-state index in [2.05, 4.69) is 9.38 Å². The number of halogens is 2. The van der Waals surface area contributed by atoms with Crippen molar-refractivity contribution in [3.05, 3.63) is 29.6 Å². The molecule has 1 rings (SSSR count). The Hall–Kier alpha value is -1.01. The van der Waals surface area contributed by atoms with Crippen molar-refractivity contribution in [1.29, 1.82) is 0 Å². The van der Waals surface area contributed by atoms with E-state index in [1.165, 1.54) is 18.5 Å². The fraction of sp³-hybridized carbons (Fsp3) is 0.500. The highest BCUT2D eigenvalue weighted by molar-refractivity contribution is 7.91. The van der Waals surface area contributed by atoms with E-state index in [9.17, 15) is 13.3 Å². The van der Waals surface area contributed by atoms with E-state index >= 15 is 0 Å². The molecule has 18 heavy (non-hydrogen) atoms. The van der Waals surface area contributed by atoms with Crippen LogP contribution in [-0.4, -0.2) is 20.5 Å². The molecule has 1 atom stereocenters. The first-order chi connectivity index (χ1) is 8.30. The number of nitrogens with zero attached hydrogens (tertiary/aromatic N) is 2. The largest absolute Gasteiger partial charge is 0.591 e. The van der Waals surface area contributed by atoms with Crippen molar-refractivity contribution in [2.45, 2.75) is 38.4 Å². The smallest absolute Gasteiger partial charge is 0.280 e. The third-order valence-corrected chi connectivity index (χ3v) is 3.48. The summed E-state index contributed by atoms with van der Waals surface area (Å²) in [7, 11) is 0. The van der Waals surface area contributed by atoms with Crippen LogP contribution < -0.4 is 0 Å². The Morgan fingerprint density at radius 2 is 2.17 bits per heavy atom. The Morgan fingerprint density at radius 1 is 1.50 bits per heavy atom. The van der Waals surface area contributed by atoms with Gasteiger partial charge in [-0.25, -0.2) is 8.78 Å². The number of alkyl halides is 2. The third-order valence-electron chi connectivity index (χ3n) is 2.09. The van der Waals surface area contributed by atoms with Crippen LogP contribution in [0, 0.1) is 0 Å². The normalized spacial score (nSPS) is 14.4. The molecular formula is C12H16F2N2OS. The summed E-state index contributed by atoms with van der Waals surface area (Å²) in [5.74, 6) is 0. The highest BCUT2D eigenvalue weighted by atomic mass is 32.2. The Bertz CT molecular complexity index is 419. The summed E-state index contributed by atoms with van der Waals surface area (Å²) < 4.78 is 39.9. The van der Waals surface area contributed by atoms with Gasteiger partial charge in [0.05, 0.1) is 6.21 Å². The molecule has 6 heteroatoms. The quantitative estimate of drug-likeness (QED) is 0.625. The first-order valence-corrected chi connectivity index (χ1v) is 6.59. The Morgan fingerprint density at radius 3 is 2.72 bits per heavy atom. The molecule has 0 radical (unpaired) electrons. The van der Waals surface area contributed by atoms with Crippen LogP contribution in [-0.2, 0) is 17.8 Å². The SMILES string of the molecule is CC(C)(C)[S@@+]([O-])N=CCc1ccnc(C(F)F)c1. The van der Waals surface area contributed by atoms with Gasteiger partial charge in [0.2, 0.25) is 0 Å². The number of pyridine rings is 1. The van der Waals surface area contributed by atoms with E-state index in [1.54, 1.807) is 6.07 Å². The lowest BCUT2D eigenvalue weighted by Crippen LogP contribution is -2.25. The van der Waals surface area contributed by atoms with Gasteiger partial charge < -0.3 is 4.55 Å². The summed E-state index contributed by atoms with van der Waals surface area (Å²) in [5, 5.41) is 0. The summed E-state index contributed by atoms with van der Waals surface area (Å²) in [5.41, 5.74) is 0.424. The highest BCUT2D eigenvalue weighted by Crippen LogP contribution is 2.18. The molecule has 0 bridgehead atoms. The summed E-state index contributed by atoms with van der Waals surface area (Å²) >= 11 is -1.32. The zero-order valence-electron chi connectivity index (χ0n) is 10.6. The van der Waals surface area contributed by atoms with Gasteiger partial charge in [-0.1, -0.05) is 4.40 Å². The summed E-state index contributed by atoms with van der Waals surface area (Å²) in [6.07, 6.45) is 0.618. The summed E-state index contributed by atoms with van der Waals surface area (Å²) in [4.78, 5) is 3.57. The minimum Gasteiger partial charge on any atom is -0.591 e. The number of aromatic nitrogens is 1. The van der Waals surface area contributed by atoms with Gasteiger partial charge >= 0.3 is 0 Å². The van der Waals surface area contributed by atoms with Crippen molar-refractivity contribution in [1.82, 2.24) is 4.98 Å². The zero-order chi connectivity index (χ0) is 13.8. The van der Waals surface area contributed by atoms with Crippen molar-refractivity contribution in [3.8, 4) is 0 Å². The van der Waals surface area contributed by atoms with E-state index in [4.69, 9.17) is 0 Å². The molecule has 0 N–H and O–H groups in total. The van der Waals surface area contributed by atoms with Crippen LogP contribution in [0.4, 0.5) is 8.78 Å². The number of hydrogen-bond donors (Lipinski definition) is 0. The van der Waals surface area contributed by atoms with Crippen molar-refractivity contribution in [2.75, 3.05) is 0 Å². The van der Waals surface area contributed by atoms with E-state index in [-0.39, 0.29) is 5.69 Å². The van der Waals surface area contributed by atoms with Crippen LogP contribution >= 0.6 is 0 Å². The zero-order valence-corrected chi connectivity index (χ0v) is 11.4. The molecule has 0 aliphatic heterocycles. The average molecular weight is 274 g/mol. The average Bonchev–Trinajstić information content (AvgIpc) is 2.28. The first kappa shape index (κ1) is 15.0. The Kier molecular flexibility index (Phi) is 5.22. The summed E-state index contributed by atoms with van der Waals surface area (Å²) in [6.45, 7) is 5.46. The molecule has 0 fully saturated rings. The van der Waals surface area contributed by atoms with E-state index in [0.29, 0.717) is 12.0 Å². The van der Waals surface area contributed by atoms with Gasteiger partial charge in [0.15, 0.2) is 0 Å². The van der Waals surface area contributed by atoms with Crippen molar-refractivity contribution in [2.24, 2.45) is 4.40 Å². The second-order valence-corrected chi connectivity index (χ2v) is 6.68. The first-order valence-electron chi connectivity index (χ1n) is 5.48. The minimum absolute atomic E-state index is 0.252. The van der Waals surface area contributed by atoms with Gasteiger partial charge in [0.1, 0.15) is 21.8 Å². The van der Waals surface area contributed by atoms with Gasteiger partial charge in [-0.15, -0.1) is 0 Å². The lowest BCUT2D eigenvalue weighted by atomic mass is 10.2. The lowest BCUT2D eigenvalue weighted by Gasteiger charge is -2.17. The molecular weight excluding hydrogens is 258 g/mol. The molecule has 1 aromatic heterocycles. The maximum absolute atomic E-state index is 12.4. The number of rotatable bonds is 4. The maximum atomic E-state index is 12.4. The van der Waals surface area contributed by atoms with E-state index < -0.39 is 22.5 Å². The van der Waals surface area contributed by atoms with Crippen LogP contribution in [0.3, 0.4) is 0 Å². The lowest BCUT2D eigenvalue weighted by molar-refractivity contribution is 0.146. The predicted molar refractivity (Wildman–Crippen MR) is 69.3 cm³/mol. The summed E-state index contributed by atoms with van der Waals surface area (Å²) in [6, 6.07) is 2.97. The number of hydrogen-bond acceptors (Lipinski definition) is 3. The van der Waals surface area contributed by atoms with Crippen molar-refractivity contribution < 1.29 is 13.3 Å². The molecule has 0 spiro atoms. The molecule has 1 heterocycles. The van der Waals surface area contributed by atoms with E-state index in [0.717, 1.165) is 0 Å². The molecule has 3 nitrogen and oxygen atoms in total. The monoisotopic (exact) mass is 274 g/mol. The van der Waals surface area contributed by atoms with Crippen LogP contribution in [0.25, 0.3) is 0 Å². The Balaban J connectivity index is 2.64. The molecule has 0 saturated heterocycles. The molecule has 1 aromatic rings. The molecule has 0 aliphatic carbocycles. The van der Waals surface area contributed by atoms with Crippen LogP contribution in [0.2, 0.25) is 0 Å². The molecule has 0 amide bonds. The Labute approximate surface area is 109 Å². The second kappa shape index (κ2) is 6.24. The fourth-order valence-corrected chi connectivity index (χ4v) is 1.64. The minimum atomic E-state index is -2.58. The molecule has 100 valence electrons. The van der Waals surface area contributed by atoms with Crippen molar-refractivity contribution >= 4 is 17.6 Å². The fourth-order valence-electron chi connectivity index (χ4n) is 1.11. The molecule has 0 saturated carbocycles. The van der Waals surface area contributed by atoms with Crippen LogP contribution in [0.15, 0.2) is 22.7 Å². The van der Waals surface area contributed by atoms with Crippen LogP contribution in [0.1, 0.15) is 38.5 Å². The van der Waals surface area contributed by atoms with Gasteiger partial charge in [-0.3, -0.25) is 4.98 Å². The third kappa shape index (κ3) is 4.70. The second-order valence-electron chi connectivity index (χ2n) is 4.74. The van der Waals surface area contributed by atoms with Gasteiger partial charge in [-0.05, 0) is 38.5 Å². The molecule has 0 unspecified atom stereocenters. The topological polar surface area (TPSA) is 48.3 Å². The van der Waals surface area contributed by atoms with Gasteiger partial charge in [-0.2, -0.15) is 0 Å². The molecule has 0 aromatic carbocycles. The maximum Gasteiger partial charge on any atom is 0.280 e. The van der Waals surface area contributed by atoms with Crippen molar-refractivity contribution in [3.63, 3.8) is 0 Å². The van der Waals surface area contributed by atoms with Gasteiger partial charge in [0.25, 0.3) is 6.43 Å². The molecule has 0 aliphatic rings. The van der Waals surface area contributed by atoms with Crippen LogP contribution in [0.5, 0.6) is 0 Å². The van der Waals surface area contributed by atoms with Gasteiger partial charge in [0, 0.05) is 12.6 Å². The predicted octanol–water partition coefficient (Wildman–Crippen LogP) is 3.09. The van der Waals surface area contributed by atoms with E-state index in [1.807, 2.05) is 20.8 Å². The standard InChI is InChI=1S/C12H16F2N2OS/c1-12(2,3)18(17)16-7-5-9-4-6-15-10(8-9)11(13)14/h4,6-8,11H,5H2,1-3H3/t18-/m1/s1. The highest BCUT2D eigenvalue weighted by Gasteiger charge is 2.25.